The Morgan fingerprint density at radius 1 is 1.56 bits per heavy atom. The van der Waals surface area contributed by atoms with Gasteiger partial charge in [0.2, 0.25) is 0 Å². The normalized spacial score (nSPS) is 37.1. The first kappa shape index (κ1) is 4.98. The van der Waals surface area contributed by atoms with E-state index in [2.05, 4.69) is 12.2 Å². The van der Waals surface area contributed by atoms with Crippen molar-refractivity contribution in [3.63, 3.8) is 0 Å². The summed E-state index contributed by atoms with van der Waals surface area (Å²) in [5.74, 6) is 1.48. The molecular formula is C8H8O. The van der Waals surface area contributed by atoms with E-state index in [1.807, 2.05) is 6.08 Å². The Bertz CT molecular complexity index is 201. The average Bonchev–Trinajstić information content (AvgIpc) is 2.64. The largest absolute Gasteiger partial charge is 0.298 e. The minimum Gasteiger partial charge on any atom is -0.298 e. The third-order valence-corrected chi connectivity index (χ3v) is 1.97. The summed E-state index contributed by atoms with van der Waals surface area (Å²) in [4.78, 5) is 10.2. The van der Waals surface area contributed by atoms with Gasteiger partial charge < -0.3 is 0 Å². The van der Waals surface area contributed by atoms with Crippen molar-refractivity contribution in [2.45, 2.75) is 6.42 Å². The molecule has 1 nitrogen and oxygen atoms in total. The van der Waals surface area contributed by atoms with Crippen LogP contribution >= 0.6 is 0 Å². The molecule has 2 aliphatic carbocycles. The van der Waals surface area contributed by atoms with Crippen molar-refractivity contribution in [2.24, 2.45) is 11.8 Å². The van der Waals surface area contributed by atoms with Gasteiger partial charge in [-0.25, -0.2) is 0 Å². The van der Waals surface area contributed by atoms with Gasteiger partial charge in [0.25, 0.3) is 0 Å². The Kier molecular flexibility index (Phi) is 0.865. The number of aldehydes is 1. The lowest BCUT2D eigenvalue weighted by molar-refractivity contribution is -0.104. The van der Waals surface area contributed by atoms with E-state index in [9.17, 15) is 4.79 Å². The molecule has 0 spiro atoms. The van der Waals surface area contributed by atoms with Gasteiger partial charge in [0.15, 0.2) is 0 Å². The molecule has 0 amide bonds. The van der Waals surface area contributed by atoms with Crippen LogP contribution in [0.5, 0.6) is 0 Å². The highest BCUT2D eigenvalue weighted by Gasteiger charge is 2.34. The summed E-state index contributed by atoms with van der Waals surface area (Å²) in [6, 6.07) is 0. The summed E-state index contributed by atoms with van der Waals surface area (Å²) in [5.41, 5.74) is 0.855. The smallest absolute Gasteiger partial charge is 0.149 e. The first-order chi connectivity index (χ1) is 4.40. The molecule has 2 atom stereocenters. The van der Waals surface area contributed by atoms with E-state index in [-0.39, 0.29) is 0 Å². The van der Waals surface area contributed by atoms with Gasteiger partial charge in [0.1, 0.15) is 6.29 Å². The van der Waals surface area contributed by atoms with Crippen LogP contribution in [0, 0.1) is 11.8 Å². The van der Waals surface area contributed by atoms with Crippen LogP contribution in [0.1, 0.15) is 6.42 Å². The topological polar surface area (TPSA) is 17.1 Å². The lowest BCUT2D eigenvalue weighted by Crippen LogP contribution is -1.87. The van der Waals surface area contributed by atoms with E-state index in [1.165, 1.54) is 6.42 Å². The van der Waals surface area contributed by atoms with E-state index >= 15 is 0 Å². The zero-order valence-corrected chi connectivity index (χ0v) is 5.08. The fourth-order valence-electron chi connectivity index (χ4n) is 1.26. The maximum absolute atomic E-state index is 10.2. The quantitative estimate of drug-likeness (QED) is 0.477. The molecule has 0 bridgehead atoms. The Labute approximate surface area is 54.1 Å². The fraction of sp³-hybridized carbons (Fsp3) is 0.375. The molecule has 0 aromatic rings. The number of allylic oxidation sites excluding steroid dienone is 4. The highest BCUT2D eigenvalue weighted by atomic mass is 16.1. The molecule has 0 heterocycles. The second-order valence-corrected chi connectivity index (χ2v) is 2.71. The van der Waals surface area contributed by atoms with Gasteiger partial charge in [-0.15, -0.1) is 0 Å². The molecule has 1 saturated carbocycles. The molecule has 46 valence electrons. The summed E-state index contributed by atoms with van der Waals surface area (Å²) < 4.78 is 0. The van der Waals surface area contributed by atoms with Crippen molar-refractivity contribution >= 4 is 6.29 Å². The molecule has 2 aliphatic rings. The minimum absolute atomic E-state index is 0.704. The van der Waals surface area contributed by atoms with Gasteiger partial charge in [-0.1, -0.05) is 18.2 Å². The maximum atomic E-state index is 10.2. The second kappa shape index (κ2) is 1.56. The summed E-state index contributed by atoms with van der Waals surface area (Å²) in [5, 5.41) is 0. The number of hydrogen-bond acceptors (Lipinski definition) is 1. The molecule has 0 N–H and O–H groups in total. The Morgan fingerprint density at radius 3 is 3.11 bits per heavy atom. The standard InChI is InChI=1S/C8H8O/c9-5-6-1-2-7-4-8(7)3-6/h1-3,5,7-8H,4H2. The summed E-state index contributed by atoms with van der Waals surface area (Å²) in [6.07, 6.45) is 8.30. The molecule has 1 fully saturated rings. The number of carbonyl (C=O) groups is 1. The van der Waals surface area contributed by atoms with Gasteiger partial charge in [-0.2, -0.15) is 0 Å². The SMILES string of the molecule is O=CC1=CC2CC2C=C1. The molecule has 0 saturated heterocycles. The van der Waals surface area contributed by atoms with Crippen molar-refractivity contribution in [3.05, 3.63) is 23.8 Å². The van der Waals surface area contributed by atoms with Gasteiger partial charge in [0, 0.05) is 5.57 Å². The third kappa shape index (κ3) is 0.727. The zero-order chi connectivity index (χ0) is 6.27. The molecule has 0 aliphatic heterocycles. The van der Waals surface area contributed by atoms with Crippen LogP contribution in [0.3, 0.4) is 0 Å². The van der Waals surface area contributed by atoms with Crippen molar-refractivity contribution in [1.82, 2.24) is 0 Å². The van der Waals surface area contributed by atoms with Gasteiger partial charge in [0.05, 0.1) is 0 Å². The van der Waals surface area contributed by atoms with E-state index in [0.717, 1.165) is 17.8 Å². The van der Waals surface area contributed by atoms with Crippen molar-refractivity contribution in [2.75, 3.05) is 0 Å². The van der Waals surface area contributed by atoms with Crippen molar-refractivity contribution in [1.29, 1.82) is 0 Å². The van der Waals surface area contributed by atoms with Crippen molar-refractivity contribution < 1.29 is 4.79 Å². The van der Waals surface area contributed by atoms with Crippen LogP contribution in [0.15, 0.2) is 23.8 Å². The summed E-state index contributed by atoms with van der Waals surface area (Å²) in [6.45, 7) is 0. The van der Waals surface area contributed by atoms with Crippen LogP contribution in [-0.2, 0) is 4.79 Å². The van der Waals surface area contributed by atoms with Crippen LogP contribution in [0.2, 0.25) is 0 Å². The predicted molar refractivity (Wildman–Crippen MR) is 34.9 cm³/mol. The first-order valence-electron chi connectivity index (χ1n) is 3.25. The molecular weight excluding hydrogens is 112 g/mol. The average molecular weight is 120 g/mol. The minimum atomic E-state index is 0.704. The molecule has 0 aromatic heterocycles. The molecule has 2 unspecified atom stereocenters. The van der Waals surface area contributed by atoms with E-state index in [1.54, 1.807) is 0 Å². The summed E-state index contributed by atoms with van der Waals surface area (Å²) >= 11 is 0. The zero-order valence-electron chi connectivity index (χ0n) is 5.08. The maximum Gasteiger partial charge on any atom is 0.149 e. The van der Waals surface area contributed by atoms with Gasteiger partial charge in [-0.05, 0) is 18.3 Å². The molecule has 9 heavy (non-hydrogen) atoms. The Morgan fingerprint density at radius 2 is 2.44 bits per heavy atom. The van der Waals surface area contributed by atoms with Crippen LogP contribution in [0.4, 0.5) is 0 Å². The monoisotopic (exact) mass is 120 g/mol. The van der Waals surface area contributed by atoms with Crippen LogP contribution in [-0.4, -0.2) is 6.29 Å². The van der Waals surface area contributed by atoms with Crippen LogP contribution in [0.25, 0.3) is 0 Å². The number of fused-ring (bicyclic) bond motifs is 1. The Balaban J connectivity index is 2.25. The fourth-order valence-corrected chi connectivity index (χ4v) is 1.26. The predicted octanol–water partition coefficient (Wildman–Crippen LogP) is 1.32. The molecule has 1 heteroatoms. The number of rotatable bonds is 1. The Hall–Kier alpha value is -0.850. The highest BCUT2D eigenvalue weighted by molar-refractivity contribution is 5.78. The first-order valence-corrected chi connectivity index (χ1v) is 3.25. The lowest BCUT2D eigenvalue weighted by atomic mass is 10.1. The molecule has 0 aromatic carbocycles. The van der Waals surface area contributed by atoms with Crippen molar-refractivity contribution in [3.8, 4) is 0 Å². The summed E-state index contributed by atoms with van der Waals surface area (Å²) in [7, 11) is 0. The number of hydrogen-bond donors (Lipinski definition) is 0. The van der Waals surface area contributed by atoms with Gasteiger partial charge in [-0.3, -0.25) is 4.79 Å². The molecule has 0 radical (unpaired) electrons. The lowest BCUT2D eigenvalue weighted by Gasteiger charge is -1.95. The van der Waals surface area contributed by atoms with E-state index in [4.69, 9.17) is 0 Å². The van der Waals surface area contributed by atoms with E-state index in [0.29, 0.717) is 5.92 Å². The molecule has 2 rings (SSSR count). The van der Waals surface area contributed by atoms with Gasteiger partial charge >= 0.3 is 0 Å². The highest BCUT2D eigenvalue weighted by Crippen LogP contribution is 2.43. The number of carbonyl (C=O) groups excluding carboxylic acids is 1. The second-order valence-electron chi connectivity index (χ2n) is 2.71. The van der Waals surface area contributed by atoms with Crippen LogP contribution < -0.4 is 0 Å². The third-order valence-electron chi connectivity index (χ3n) is 1.97. The van der Waals surface area contributed by atoms with E-state index < -0.39 is 0 Å².